The van der Waals surface area contributed by atoms with E-state index in [4.69, 9.17) is 5.73 Å². The van der Waals surface area contributed by atoms with Gasteiger partial charge in [0, 0.05) is 25.2 Å². The molecule has 1 aromatic rings. The van der Waals surface area contributed by atoms with Gasteiger partial charge in [0.15, 0.2) is 0 Å². The van der Waals surface area contributed by atoms with Crippen molar-refractivity contribution in [3.05, 3.63) is 12.4 Å². The summed E-state index contributed by atoms with van der Waals surface area (Å²) in [4.78, 5) is 11.9. The van der Waals surface area contributed by atoms with E-state index in [9.17, 15) is 4.79 Å². The highest BCUT2D eigenvalue weighted by atomic mass is 16.1. The molecule has 0 aliphatic heterocycles. The first-order valence-electron chi connectivity index (χ1n) is 6.15. The molecule has 94 valence electrons. The second kappa shape index (κ2) is 4.87. The molecule has 0 radical (unpaired) electrons. The van der Waals surface area contributed by atoms with Gasteiger partial charge in [0.2, 0.25) is 5.91 Å². The molecule has 1 aromatic heterocycles. The van der Waals surface area contributed by atoms with Crippen molar-refractivity contribution in [3.63, 3.8) is 0 Å². The maximum absolute atomic E-state index is 11.9. The highest BCUT2D eigenvalue weighted by Gasteiger charge is 2.29. The van der Waals surface area contributed by atoms with E-state index in [1.165, 1.54) is 6.42 Å². The fourth-order valence-electron chi connectivity index (χ4n) is 2.44. The largest absolute Gasteiger partial charge is 0.325 e. The standard InChI is InChI=1S/C12H20N4O/c1-16-9-10(8-14-16)15-11(17)7-12(13)5-3-2-4-6-12/h8-9H,2-7,13H2,1H3,(H,15,17). The fraction of sp³-hybridized carbons (Fsp3) is 0.667. The summed E-state index contributed by atoms with van der Waals surface area (Å²) in [7, 11) is 1.82. The van der Waals surface area contributed by atoms with Crippen LogP contribution < -0.4 is 11.1 Å². The number of nitrogens with zero attached hydrogens (tertiary/aromatic N) is 2. The number of aromatic nitrogens is 2. The minimum absolute atomic E-state index is 0.0117. The van der Waals surface area contributed by atoms with E-state index >= 15 is 0 Å². The van der Waals surface area contributed by atoms with Crippen molar-refractivity contribution in [2.75, 3.05) is 5.32 Å². The number of hydrogen-bond acceptors (Lipinski definition) is 3. The number of nitrogens with two attached hydrogens (primary N) is 1. The van der Waals surface area contributed by atoms with Crippen LogP contribution in [0.15, 0.2) is 12.4 Å². The molecule has 1 saturated carbocycles. The average Bonchev–Trinajstić information content (AvgIpc) is 2.63. The second-order valence-electron chi connectivity index (χ2n) is 5.05. The number of amides is 1. The second-order valence-corrected chi connectivity index (χ2v) is 5.05. The Balaban J connectivity index is 1.88. The van der Waals surface area contributed by atoms with Crippen molar-refractivity contribution in [1.82, 2.24) is 9.78 Å². The lowest BCUT2D eigenvalue weighted by atomic mass is 9.80. The van der Waals surface area contributed by atoms with Crippen molar-refractivity contribution < 1.29 is 4.79 Å². The van der Waals surface area contributed by atoms with Crippen LogP contribution in [0, 0.1) is 0 Å². The third-order valence-corrected chi connectivity index (χ3v) is 3.35. The van der Waals surface area contributed by atoms with E-state index in [2.05, 4.69) is 10.4 Å². The summed E-state index contributed by atoms with van der Waals surface area (Å²) in [6, 6.07) is 0. The summed E-state index contributed by atoms with van der Waals surface area (Å²) in [5.74, 6) is -0.0117. The number of hydrogen-bond donors (Lipinski definition) is 2. The highest BCUT2D eigenvalue weighted by Crippen LogP contribution is 2.28. The Morgan fingerprint density at radius 2 is 2.24 bits per heavy atom. The van der Waals surface area contributed by atoms with Crippen molar-refractivity contribution in [3.8, 4) is 0 Å². The van der Waals surface area contributed by atoms with Crippen LogP contribution in [-0.2, 0) is 11.8 Å². The Kier molecular flexibility index (Phi) is 3.47. The normalized spacial score (nSPS) is 18.9. The fourth-order valence-corrected chi connectivity index (χ4v) is 2.44. The minimum atomic E-state index is -0.301. The molecule has 1 aliphatic rings. The van der Waals surface area contributed by atoms with Crippen LogP contribution in [-0.4, -0.2) is 21.2 Å². The van der Waals surface area contributed by atoms with E-state index in [0.29, 0.717) is 6.42 Å². The maximum atomic E-state index is 11.9. The summed E-state index contributed by atoms with van der Waals surface area (Å²) in [6.07, 6.45) is 9.24. The predicted octanol–water partition coefficient (Wildman–Crippen LogP) is 1.41. The first-order chi connectivity index (χ1) is 8.07. The molecule has 2 rings (SSSR count). The molecule has 5 heteroatoms. The Morgan fingerprint density at radius 1 is 1.53 bits per heavy atom. The monoisotopic (exact) mass is 236 g/mol. The van der Waals surface area contributed by atoms with Crippen molar-refractivity contribution in [1.29, 1.82) is 0 Å². The molecule has 0 bridgehead atoms. The number of nitrogens with one attached hydrogen (secondary N) is 1. The van der Waals surface area contributed by atoms with Crippen LogP contribution in [0.1, 0.15) is 38.5 Å². The Bertz CT molecular complexity index is 393. The van der Waals surface area contributed by atoms with Crippen LogP contribution in [0.25, 0.3) is 0 Å². The van der Waals surface area contributed by atoms with E-state index in [0.717, 1.165) is 31.4 Å². The summed E-state index contributed by atoms with van der Waals surface area (Å²) < 4.78 is 1.66. The van der Waals surface area contributed by atoms with Gasteiger partial charge in [-0.25, -0.2) is 0 Å². The van der Waals surface area contributed by atoms with Crippen molar-refractivity contribution in [2.24, 2.45) is 12.8 Å². The maximum Gasteiger partial charge on any atom is 0.226 e. The molecule has 1 fully saturated rings. The van der Waals surface area contributed by atoms with Gasteiger partial charge >= 0.3 is 0 Å². The molecule has 1 heterocycles. The van der Waals surface area contributed by atoms with Crippen LogP contribution >= 0.6 is 0 Å². The van der Waals surface area contributed by atoms with Crippen LogP contribution in [0.2, 0.25) is 0 Å². The predicted molar refractivity (Wildman–Crippen MR) is 66.5 cm³/mol. The summed E-state index contributed by atoms with van der Waals surface area (Å²) >= 11 is 0. The number of carbonyl (C=O) groups excluding carboxylic acids is 1. The van der Waals surface area contributed by atoms with Gasteiger partial charge in [-0.1, -0.05) is 19.3 Å². The van der Waals surface area contributed by atoms with Gasteiger partial charge in [0.05, 0.1) is 11.9 Å². The molecule has 5 nitrogen and oxygen atoms in total. The van der Waals surface area contributed by atoms with Gasteiger partial charge in [-0.15, -0.1) is 0 Å². The van der Waals surface area contributed by atoms with Gasteiger partial charge in [-0.2, -0.15) is 5.10 Å². The van der Waals surface area contributed by atoms with Crippen molar-refractivity contribution >= 4 is 11.6 Å². The number of anilines is 1. The van der Waals surface area contributed by atoms with Gasteiger partial charge in [-0.3, -0.25) is 9.48 Å². The molecular weight excluding hydrogens is 216 g/mol. The number of rotatable bonds is 3. The smallest absolute Gasteiger partial charge is 0.226 e. The van der Waals surface area contributed by atoms with Gasteiger partial charge in [-0.05, 0) is 12.8 Å². The van der Waals surface area contributed by atoms with Gasteiger partial charge in [0.25, 0.3) is 0 Å². The molecule has 3 N–H and O–H groups in total. The lowest BCUT2D eigenvalue weighted by molar-refractivity contribution is -0.117. The third kappa shape index (κ3) is 3.30. The van der Waals surface area contributed by atoms with Crippen LogP contribution in [0.5, 0.6) is 0 Å². The Labute approximate surface area is 101 Å². The van der Waals surface area contributed by atoms with E-state index in [1.54, 1.807) is 17.1 Å². The summed E-state index contributed by atoms with van der Waals surface area (Å²) in [6.45, 7) is 0. The molecule has 0 aromatic carbocycles. The van der Waals surface area contributed by atoms with Gasteiger partial charge in [0.1, 0.15) is 0 Å². The lowest BCUT2D eigenvalue weighted by Crippen LogP contribution is -2.44. The zero-order valence-electron chi connectivity index (χ0n) is 10.3. The molecule has 17 heavy (non-hydrogen) atoms. The highest BCUT2D eigenvalue weighted by molar-refractivity contribution is 5.91. The van der Waals surface area contributed by atoms with Gasteiger partial charge < -0.3 is 11.1 Å². The number of carbonyl (C=O) groups is 1. The molecular formula is C12H20N4O. The minimum Gasteiger partial charge on any atom is -0.325 e. The quantitative estimate of drug-likeness (QED) is 0.833. The van der Waals surface area contributed by atoms with E-state index in [-0.39, 0.29) is 11.4 Å². The summed E-state index contributed by atoms with van der Waals surface area (Å²) in [5.41, 5.74) is 6.67. The first kappa shape index (κ1) is 12.1. The summed E-state index contributed by atoms with van der Waals surface area (Å²) in [5, 5.41) is 6.84. The molecule has 0 atom stereocenters. The van der Waals surface area contributed by atoms with E-state index < -0.39 is 0 Å². The van der Waals surface area contributed by atoms with E-state index in [1.807, 2.05) is 7.05 Å². The van der Waals surface area contributed by atoms with Crippen molar-refractivity contribution in [2.45, 2.75) is 44.1 Å². The zero-order valence-corrected chi connectivity index (χ0v) is 10.3. The topological polar surface area (TPSA) is 72.9 Å². The van der Waals surface area contributed by atoms with Crippen LogP contribution in [0.3, 0.4) is 0 Å². The molecule has 1 amide bonds. The first-order valence-corrected chi connectivity index (χ1v) is 6.15. The Morgan fingerprint density at radius 3 is 2.82 bits per heavy atom. The molecule has 0 spiro atoms. The molecule has 1 aliphatic carbocycles. The lowest BCUT2D eigenvalue weighted by Gasteiger charge is -2.32. The zero-order chi connectivity index (χ0) is 12.3. The third-order valence-electron chi connectivity index (χ3n) is 3.35. The molecule has 0 saturated heterocycles. The molecule has 0 unspecified atom stereocenters. The van der Waals surface area contributed by atoms with Crippen LogP contribution in [0.4, 0.5) is 5.69 Å². The average molecular weight is 236 g/mol. The number of aryl methyl sites for hydroxylation is 1. The Hall–Kier alpha value is -1.36. The SMILES string of the molecule is Cn1cc(NC(=O)CC2(N)CCCCC2)cn1.